The minimum absolute atomic E-state index is 0.0569. The van der Waals surface area contributed by atoms with Crippen LogP contribution >= 0.6 is 11.3 Å². The van der Waals surface area contributed by atoms with Gasteiger partial charge < -0.3 is 21.1 Å². The first-order valence-electron chi connectivity index (χ1n) is 13.1. The van der Waals surface area contributed by atoms with Crippen LogP contribution in [0.2, 0.25) is 0 Å². The molecule has 1 amide bonds. The van der Waals surface area contributed by atoms with Crippen LogP contribution in [0.15, 0.2) is 59.3 Å². The molecule has 0 bridgehead atoms. The first-order chi connectivity index (χ1) is 18.0. The molecule has 5 N–H and O–H groups in total. The first kappa shape index (κ1) is 25.4. The van der Waals surface area contributed by atoms with Gasteiger partial charge in [-0.05, 0) is 91.5 Å². The zero-order valence-electron chi connectivity index (χ0n) is 21.0. The minimum atomic E-state index is -0.324. The van der Waals surface area contributed by atoms with Crippen molar-refractivity contribution in [3.8, 4) is 0 Å². The molecule has 1 atom stereocenters. The van der Waals surface area contributed by atoms with Crippen molar-refractivity contribution >= 4 is 40.0 Å². The topological polar surface area (TPSA) is 106 Å². The molecule has 0 saturated carbocycles. The van der Waals surface area contributed by atoms with E-state index >= 15 is 0 Å². The Bertz CT molecular complexity index is 1210. The van der Waals surface area contributed by atoms with Crippen LogP contribution in [0.5, 0.6) is 0 Å². The molecule has 2 aliphatic heterocycles. The highest BCUT2D eigenvalue weighted by molar-refractivity contribution is 7.08. The SMILES string of the molecule is N=C(c1ccc(N2CCC(O)CC2)cc1)c1cc(NC(=O)C(c2ccsc2)N2CCCCC2)ccc1N. The summed E-state index contributed by atoms with van der Waals surface area (Å²) < 4.78 is 0. The fourth-order valence-corrected chi connectivity index (χ4v) is 5.99. The van der Waals surface area contributed by atoms with E-state index in [1.54, 1.807) is 29.5 Å². The largest absolute Gasteiger partial charge is 0.398 e. The fourth-order valence-electron chi connectivity index (χ4n) is 5.31. The third-order valence-corrected chi connectivity index (χ3v) is 8.14. The summed E-state index contributed by atoms with van der Waals surface area (Å²) in [6.45, 7) is 3.49. The second-order valence-electron chi connectivity index (χ2n) is 9.99. The summed E-state index contributed by atoms with van der Waals surface area (Å²) in [5.41, 5.74) is 11.2. The van der Waals surface area contributed by atoms with Crippen LogP contribution in [0.3, 0.4) is 0 Å². The molecule has 2 saturated heterocycles. The Kier molecular flexibility index (Phi) is 7.88. The van der Waals surface area contributed by atoms with E-state index in [4.69, 9.17) is 11.1 Å². The zero-order chi connectivity index (χ0) is 25.8. The number of thiophene rings is 1. The molecule has 0 spiro atoms. The van der Waals surface area contributed by atoms with E-state index < -0.39 is 0 Å². The summed E-state index contributed by atoms with van der Waals surface area (Å²) in [5.74, 6) is -0.0569. The highest BCUT2D eigenvalue weighted by atomic mass is 32.1. The van der Waals surface area contributed by atoms with Crippen LogP contribution in [0, 0.1) is 5.41 Å². The molecule has 2 aliphatic rings. The van der Waals surface area contributed by atoms with Gasteiger partial charge in [-0.1, -0.05) is 18.6 Å². The molecule has 3 aromatic rings. The number of rotatable bonds is 7. The number of aliphatic hydroxyl groups is 1. The lowest BCUT2D eigenvalue weighted by molar-refractivity contribution is -0.121. The molecule has 8 heteroatoms. The van der Waals surface area contributed by atoms with Gasteiger partial charge in [-0.3, -0.25) is 15.1 Å². The smallest absolute Gasteiger partial charge is 0.246 e. The number of nitrogens with zero attached hydrogens (tertiary/aromatic N) is 2. The lowest BCUT2D eigenvalue weighted by atomic mass is 9.99. The number of anilines is 3. The molecule has 37 heavy (non-hydrogen) atoms. The fraction of sp³-hybridized carbons (Fsp3) is 0.379. The molecular weight excluding hydrogens is 482 g/mol. The molecule has 2 aromatic carbocycles. The van der Waals surface area contributed by atoms with Crippen LogP contribution in [0.4, 0.5) is 17.1 Å². The average molecular weight is 518 g/mol. The van der Waals surface area contributed by atoms with Crippen molar-refractivity contribution in [1.29, 1.82) is 5.41 Å². The standard InChI is InChI=1S/C29H35N5O2S/c30-26-9-6-22(32-29(36)28(21-12-17-37-19-21)34-13-2-1-3-14-34)18-25(26)27(31)20-4-7-23(8-5-20)33-15-10-24(35)11-16-33/h4-9,12,17-19,24,28,31,35H,1-3,10-11,13-16,30H2,(H,32,36). The Morgan fingerprint density at radius 1 is 1.03 bits per heavy atom. The van der Waals surface area contributed by atoms with Crippen molar-refractivity contribution in [2.45, 2.75) is 44.2 Å². The number of likely N-dealkylation sites (tertiary alicyclic amines) is 1. The highest BCUT2D eigenvalue weighted by Crippen LogP contribution is 2.29. The van der Waals surface area contributed by atoms with Gasteiger partial charge in [0.05, 0.1) is 11.8 Å². The Morgan fingerprint density at radius 3 is 2.43 bits per heavy atom. The maximum absolute atomic E-state index is 13.5. The average Bonchev–Trinajstić information content (AvgIpc) is 3.45. The van der Waals surface area contributed by atoms with Crippen molar-refractivity contribution in [3.05, 3.63) is 76.0 Å². The number of benzene rings is 2. The van der Waals surface area contributed by atoms with E-state index in [2.05, 4.69) is 20.5 Å². The van der Waals surface area contributed by atoms with Crippen molar-refractivity contribution < 1.29 is 9.90 Å². The normalized spacial score (nSPS) is 17.9. The van der Waals surface area contributed by atoms with Gasteiger partial charge in [0.15, 0.2) is 0 Å². The Morgan fingerprint density at radius 2 is 1.76 bits per heavy atom. The number of nitrogen functional groups attached to an aromatic ring is 1. The zero-order valence-corrected chi connectivity index (χ0v) is 21.8. The number of piperidine rings is 2. The quantitative estimate of drug-likeness (QED) is 0.264. The maximum atomic E-state index is 13.5. The van der Waals surface area contributed by atoms with Crippen molar-refractivity contribution in [2.24, 2.45) is 0 Å². The highest BCUT2D eigenvalue weighted by Gasteiger charge is 2.29. The third-order valence-electron chi connectivity index (χ3n) is 7.44. The number of amides is 1. The maximum Gasteiger partial charge on any atom is 0.246 e. The van der Waals surface area contributed by atoms with Gasteiger partial charge in [0.1, 0.15) is 6.04 Å². The summed E-state index contributed by atoms with van der Waals surface area (Å²) in [7, 11) is 0. The van der Waals surface area contributed by atoms with Gasteiger partial charge in [0, 0.05) is 41.3 Å². The number of carbonyl (C=O) groups excluding carboxylic acids is 1. The summed E-state index contributed by atoms with van der Waals surface area (Å²) in [4.78, 5) is 18.0. The summed E-state index contributed by atoms with van der Waals surface area (Å²) in [5, 5.41) is 25.8. The van der Waals surface area contributed by atoms with Crippen LogP contribution in [-0.4, -0.2) is 53.9 Å². The molecule has 194 valence electrons. The predicted molar refractivity (Wildman–Crippen MR) is 152 cm³/mol. The number of hydrogen-bond acceptors (Lipinski definition) is 7. The van der Waals surface area contributed by atoms with Gasteiger partial charge in [-0.15, -0.1) is 0 Å². The Balaban J connectivity index is 1.32. The molecule has 1 aromatic heterocycles. The number of aliphatic hydroxyl groups excluding tert-OH is 1. The van der Waals surface area contributed by atoms with Crippen LogP contribution in [-0.2, 0) is 4.79 Å². The van der Waals surface area contributed by atoms with E-state index in [9.17, 15) is 9.90 Å². The second kappa shape index (κ2) is 11.5. The van der Waals surface area contributed by atoms with E-state index in [1.165, 1.54) is 6.42 Å². The number of nitrogens with two attached hydrogens (primary N) is 1. The lowest BCUT2D eigenvalue weighted by Crippen LogP contribution is -2.40. The van der Waals surface area contributed by atoms with E-state index in [1.807, 2.05) is 35.7 Å². The predicted octanol–water partition coefficient (Wildman–Crippen LogP) is 4.87. The third kappa shape index (κ3) is 5.87. The second-order valence-corrected chi connectivity index (χ2v) is 10.8. The van der Waals surface area contributed by atoms with E-state index in [0.29, 0.717) is 22.6 Å². The molecule has 5 rings (SSSR count). The molecule has 2 fully saturated rings. The Hall–Kier alpha value is -3.20. The van der Waals surface area contributed by atoms with Crippen LogP contribution in [0.1, 0.15) is 54.8 Å². The number of nitrogens with one attached hydrogen (secondary N) is 2. The van der Waals surface area contributed by atoms with Crippen molar-refractivity contribution in [2.75, 3.05) is 42.1 Å². The van der Waals surface area contributed by atoms with Gasteiger partial charge in [-0.25, -0.2) is 0 Å². The van der Waals surface area contributed by atoms with E-state index in [0.717, 1.165) is 68.7 Å². The molecule has 0 radical (unpaired) electrons. The number of hydrogen-bond donors (Lipinski definition) is 4. The molecule has 0 aliphatic carbocycles. The van der Waals surface area contributed by atoms with Gasteiger partial charge in [-0.2, -0.15) is 11.3 Å². The van der Waals surface area contributed by atoms with E-state index in [-0.39, 0.29) is 18.1 Å². The van der Waals surface area contributed by atoms with Crippen LogP contribution < -0.4 is 16.0 Å². The Labute approximate surface area is 222 Å². The van der Waals surface area contributed by atoms with Crippen LogP contribution in [0.25, 0.3) is 0 Å². The van der Waals surface area contributed by atoms with Gasteiger partial charge in [0.25, 0.3) is 0 Å². The number of carbonyl (C=O) groups is 1. The van der Waals surface area contributed by atoms with Gasteiger partial charge >= 0.3 is 0 Å². The summed E-state index contributed by atoms with van der Waals surface area (Å²) >= 11 is 1.61. The minimum Gasteiger partial charge on any atom is -0.398 e. The molecular formula is C29H35N5O2S. The van der Waals surface area contributed by atoms with Gasteiger partial charge in [0.2, 0.25) is 5.91 Å². The van der Waals surface area contributed by atoms with Crippen molar-refractivity contribution in [3.63, 3.8) is 0 Å². The first-order valence-corrected chi connectivity index (χ1v) is 14.0. The molecule has 3 heterocycles. The monoisotopic (exact) mass is 517 g/mol. The molecule has 7 nitrogen and oxygen atoms in total. The lowest BCUT2D eigenvalue weighted by Gasteiger charge is -2.33. The van der Waals surface area contributed by atoms with Crippen molar-refractivity contribution in [1.82, 2.24) is 4.90 Å². The summed E-state index contributed by atoms with van der Waals surface area (Å²) in [6, 6.07) is 15.0. The summed E-state index contributed by atoms with van der Waals surface area (Å²) in [6.07, 6.45) is 4.76. The molecule has 1 unspecified atom stereocenters.